The Balaban J connectivity index is 1.92. The van der Waals surface area contributed by atoms with Gasteiger partial charge in [-0.25, -0.2) is 13.8 Å². The number of carbonyl (C=O) groups is 1. The van der Waals surface area contributed by atoms with E-state index in [0.29, 0.717) is 11.4 Å². The van der Waals surface area contributed by atoms with Crippen molar-refractivity contribution in [1.82, 2.24) is 9.72 Å². The molecule has 5 nitrogen and oxygen atoms in total. The molecule has 0 aliphatic heterocycles. The zero-order chi connectivity index (χ0) is 14.8. The van der Waals surface area contributed by atoms with Crippen molar-refractivity contribution in [2.75, 3.05) is 0 Å². The largest absolute Gasteiger partial charge is 0.442 e. The molecule has 0 fully saturated rings. The third-order valence-corrected chi connectivity index (χ3v) is 3.76. The van der Waals surface area contributed by atoms with Crippen molar-refractivity contribution in [2.45, 2.75) is 6.54 Å². The molecule has 0 radical (unpaired) electrons. The van der Waals surface area contributed by atoms with Gasteiger partial charge in [-0.15, -0.1) is 11.3 Å². The van der Waals surface area contributed by atoms with Crippen LogP contribution in [-0.2, 0) is 6.54 Å². The zero-order valence-electron chi connectivity index (χ0n) is 10.7. The molecule has 2 heterocycles. The highest BCUT2D eigenvalue weighted by molar-refractivity contribution is 7.13. The smallest absolute Gasteiger partial charge is 0.295 e. The molecule has 0 amide bonds. The van der Waals surface area contributed by atoms with Crippen molar-refractivity contribution >= 4 is 17.1 Å². The normalized spacial score (nSPS) is 10.7. The Hall–Kier alpha value is -2.54. The quantitative estimate of drug-likeness (QED) is 0.695. The Morgan fingerprint density at radius 2 is 2.05 bits per heavy atom. The van der Waals surface area contributed by atoms with Gasteiger partial charge in [0.25, 0.3) is 0 Å². The molecule has 21 heavy (non-hydrogen) atoms. The summed E-state index contributed by atoms with van der Waals surface area (Å²) < 4.78 is 18.6. The number of aromatic nitrogens is 2. The maximum Gasteiger partial charge on any atom is 0.442 e. The zero-order valence-corrected chi connectivity index (χ0v) is 11.5. The van der Waals surface area contributed by atoms with Crippen LogP contribution in [0.5, 0.6) is 0 Å². The maximum absolute atomic E-state index is 12.9. The van der Waals surface area contributed by atoms with E-state index < -0.39 is 11.6 Å². The first-order valence-corrected chi connectivity index (χ1v) is 6.92. The molecule has 0 spiro atoms. The van der Waals surface area contributed by atoms with Crippen LogP contribution >= 0.6 is 11.3 Å². The Labute approximate surface area is 122 Å². The number of benzene rings is 1. The average Bonchev–Trinajstić information content (AvgIpc) is 3.10. The lowest BCUT2D eigenvalue weighted by molar-refractivity contribution is 0.0969. The van der Waals surface area contributed by atoms with Crippen LogP contribution in [0.25, 0.3) is 10.7 Å². The fraction of sp³-hybridized carbons (Fsp3) is 0.0714. The number of thiophene rings is 1. The van der Waals surface area contributed by atoms with Gasteiger partial charge in [-0.3, -0.25) is 9.32 Å². The summed E-state index contributed by atoms with van der Waals surface area (Å²) in [4.78, 5) is 24.6. The van der Waals surface area contributed by atoms with Crippen LogP contribution in [-0.4, -0.2) is 15.5 Å². The minimum atomic E-state index is -0.700. The van der Waals surface area contributed by atoms with Gasteiger partial charge in [0, 0.05) is 5.56 Å². The van der Waals surface area contributed by atoms with Crippen molar-refractivity contribution in [3.8, 4) is 10.7 Å². The fourth-order valence-corrected chi connectivity index (χ4v) is 2.57. The minimum absolute atomic E-state index is 0.207. The van der Waals surface area contributed by atoms with E-state index in [1.807, 2.05) is 11.4 Å². The molecule has 0 atom stereocenters. The molecule has 3 aromatic rings. The first kappa shape index (κ1) is 13.4. The Bertz CT molecular complexity index is 819. The number of nitrogens with zero attached hydrogens (tertiary/aromatic N) is 2. The summed E-state index contributed by atoms with van der Waals surface area (Å²) in [6.45, 7) is -0.207. The summed E-state index contributed by atoms with van der Waals surface area (Å²) >= 11 is 1.39. The van der Waals surface area contributed by atoms with Gasteiger partial charge >= 0.3 is 5.76 Å². The number of hydrogen-bond donors (Lipinski definition) is 0. The van der Waals surface area contributed by atoms with Crippen LogP contribution < -0.4 is 5.76 Å². The number of Topliss-reactive ketones (excluding diaryl/α,β-unsaturated/α-hetero) is 1. The van der Waals surface area contributed by atoms with Gasteiger partial charge in [0.05, 0.1) is 11.4 Å². The number of hydrogen-bond acceptors (Lipinski definition) is 5. The maximum atomic E-state index is 12.9. The Morgan fingerprint density at radius 3 is 2.71 bits per heavy atom. The van der Waals surface area contributed by atoms with Crippen LogP contribution in [0.15, 0.2) is 51.1 Å². The predicted molar refractivity (Wildman–Crippen MR) is 74.8 cm³/mol. The topological polar surface area (TPSA) is 65.1 Å². The molecular weight excluding hydrogens is 295 g/mol. The second-order valence-corrected chi connectivity index (χ2v) is 5.21. The SMILES string of the molecule is O=C(Cn1c(-c2cccs2)noc1=O)c1ccc(F)cc1. The van der Waals surface area contributed by atoms with Crippen LogP contribution in [0.4, 0.5) is 4.39 Å². The van der Waals surface area contributed by atoms with Crippen LogP contribution in [0.2, 0.25) is 0 Å². The third kappa shape index (κ3) is 2.68. The fourth-order valence-electron chi connectivity index (χ4n) is 1.86. The van der Waals surface area contributed by atoms with Gasteiger partial charge in [0.2, 0.25) is 0 Å². The van der Waals surface area contributed by atoms with E-state index in [1.165, 1.54) is 35.6 Å². The second-order valence-electron chi connectivity index (χ2n) is 4.27. The Morgan fingerprint density at radius 1 is 1.29 bits per heavy atom. The van der Waals surface area contributed by atoms with Gasteiger partial charge in [0.1, 0.15) is 5.82 Å². The number of rotatable bonds is 4. The molecular formula is C14H9FN2O3S. The van der Waals surface area contributed by atoms with E-state index in [0.717, 1.165) is 9.44 Å². The molecule has 0 saturated carbocycles. The molecule has 0 N–H and O–H groups in total. The predicted octanol–water partition coefficient (Wildman–Crippen LogP) is 2.59. The lowest BCUT2D eigenvalue weighted by Gasteiger charge is -2.03. The first-order valence-electron chi connectivity index (χ1n) is 6.04. The van der Waals surface area contributed by atoms with Crippen molar-refractivity contribution in [3.63, 3.8) is 0 Å². The molecule has 7 heteroatoms. The van der Waals surface area contributed by atoms with Crippen LogP contribution in [0.1, 0.15) is 10.4 Å². The minimum Gasteiger partial charge on any atom is -0.295 e. The molecule has 0 bridgehead atoms. The lowest BCUT2D eigenvalue weighted by atomic mass is 10.1. The lowest BCUT2D eigenvalue weighted by Crippen LogP contribution is -2.21. The number of ketones is 1. The van der Waals surface area contributed by atoms with E-state index in [1.54, 1.807) is 6.07 Å². The summed E-state index contributed by atoms with van der Waals surface area (Å²) in [6.07, 6.45) is 0. The van der Waals surface area contributed by atoms with Crippen molar-refractivity contribution in [1.29, 1.82) is 0 Å². The summed E-state index contributed by atoms with van der Waals surface area (Å²) in [5.41, 5.74) is 0.321. The van der Waals surface area contributed by atoms with Crippen molar-refractivity contribution < 1.29 is 13.7 Å². The van der Waals surface area contributed by atoms with Crippen molar-refractivity contribution in [3.05, 3.63) is 63.7 Å². The summed E-state index contributed by atoms with van der Waals surface area (Å²) in [6, 6.07) is 8.74. The summed E-state index contributed by atoms with van der Waals surface area (Å²) in [5.74, 6) is -1.13. The molecule has 2 aromatic heterocycles. The van der Waals surface area contributed by atoms with E-state index in [4.69, 9.17) is 0 Å². The van der Waals surface area contributed by atoms with E-state index in [9.17, 15) is 14.0 Å². The highest BCUT2D eigenvalue weighted by atomic mass is 32.1. The Kier molecular flexibility index (Phi) is 3.49. The molecule has 1 aromatic carbocycles. The molecule has 106 valence electrons. The highest BCUT2D eigenvalue weighted by Gasteiger charge is 2.17. The molecule has 0 unspecified atom stereocenters. The van der Waals surface area contributed by atoms with Crippen molar-refractivity contribution in [2.24, 2.45) is 0 Å². The van der Waals surface area contributed by atoms with Gasteiger partial charge in [-0.2, -0.15) is 0 Å². The average molecular weight is 304 g/mol. The van der Waals surface area contributed by atoms with Crippen LogP contribution in [0, 0.1) is 5.82 Å². The number of halogens is 1. The number of carbonyl (C=O) groups excluding carboxylic acids is 1. The summed E-state index contributed by atoms with van der Waals surface area (Å²) in [5, 5.41) is 5.53. The molecule has 0 aliphatic rings. The monoisotopic (exact) mass is 304 g/mol. The van der Waals surface area contributed by atoms with Gasteiger partial charge in [-0.05, 0) is 35.7 Å². The van der Waals surface area contributed by atoms with Gasteiger partial charge in [-0.1, -0.05) is 11.2 Å². The molecule has 0 saturated heterocycles. The van der Waals surface area contributed by atoms with E-state index in [-0.39, 0.29) is 12.3 Å². The standard InChI is InChI=1S/C14H9FN2O3S/c15-10-5-3-9(4-6-10)11(18)8-17-13(16-20-14(17)19)12-2-1-7-21-12/h1-7H,8H2. The molecule has 0 aliphatic carbocycles. The summed E-state index contributed by atoms with van der Waals surface area (Å²) in [7, 11) is 0. The van der Waals surface area contributed by atoms with Crippen LogP contribution in [0.3, 0.4) is 0 Å². The van der Waals surface area contributed by atoms with Gasteiger partial charge in [0.15, 0.2) is 11.6 Å². The first-order chi connectivity index (χ1) is 10.1. The van der Waals surface area contributed by atoms with E-state index in [2.05, 4.69) is 9.68 Å². The second kappa shape index (κ2) is 5.45. The molecule has 3 rings (SSSR count). The van der Waals surface area contributed by atoms with Gasteiger partial charge < -0.3 is 0 Å². The van der Waals surface area contributed by atoms with E-state index >= 15 is 0 Å². The highest BCUT2D eigenvalue weighted by Crippen LogP contribution is 2.21. The third-order valence-electron chi connectivity index (χ3n) is 2.90.